The Morgan fingerprint density at radius 1 is 0.651 bits per heavy atom. The van der Waals surface area contributed by atoms with E-state index in [1.165, 1.54) is 127 Å². The Hall–Kier alpha value is -16.5. The first-order valence-electron chi connectivity index (χ1n) is 48.6. The summed E-state index contributed by atoms with van der Waals surface area (Å²) in [5, 5.41) is 67.5. The molecule has 4 aliphatic rings. The van der Waals surface area contributed by atoms with Gasteiger partial charge in [0.15, 0.2) is 17.3 Å². The quantitative estimate of drug-likeness (QED) is 0.00649. The van der Waals surface area contributed by atoms with Gasteiger partial charge >= 0.3 is 29.8 Å². The number of hydrogen-bond donors (Lipinski definition) is 18. The summed E-state index contributed by atoms with van der Waals surface area (Å²) in [6, 6.07) is -1.36. The van der Waals surface area contributed by atoms with E-state index in [4.69, 9.17) is 49.4 Å². The van der Waals surface area contributed by atoms with Crippen LogP contribution in [0, 0.1) is 16.2 Å². The molecule has 10 rings (SSSR count). The van der Waals surface area contributed by atoms with Gasteiger partial charge in [0.25, 0.3) is 0 Å². The second-order valence-corrected chi connectivity index (χ2v) is 36.2. The topological polar surface area (TPSA) is 696 Å². The van der Waals surface area contributed by atoms with E-state index < -0.39 is 223 Å². The second-order valence-electron chi connectivity index (χ2n) is 36.2. The van der Waals surface area contributed by atoms with Gasteiger partial charge in [-0.3, -0.25) is 77.3 Å². The number of guanidine groups is 1. The molecule has 12 amide bonds. The molecule has 0 aliphatic carbocycles. The van der Waals surface area contributed by atoms with Crippen LogP contribution in [0.3, 0.4) is 0 Å². The molecule has 16 atom stereocenters. The smallest absolute Gasteiger partial charge is 0.360 e. The number of nitrogens with one attached hydrogen (secondary N) is 13. The monoisotopic (exact) mass is 2060 g/mol. The maximum atomic E-state index is 15.4. The van der Waals surface area contributed by atoms with Crippen molar-refractivity contribution < 1.29 is 129 Å². The average molecular weight is 2070 g/mol. The lowest BCUT2D eigenvalue weighted by Crippen LogP contribution is -2.61. The number of unbranched alkanes of at least 4 members (excludes halogenated alkanes) is 1. The van der Waals surface area contributed by atoms with E-state index in [1.807, 2.05) is 0 Å². The number of amides is 12. The molecule has 798 valence electrons. The number of para-hydroxylation sites is 1. The number of nitrogens with zero attached hydrogens (tertiary/aromatic N) is 5. The predicted molar refractivity (Wildman–Crippen MR) is 534 cm³/mol. The van der Waals surface area contributed by atoms with Crippen molar-refractivity contribution in [2.75, 3.05) is 47.0 Å². The molecule has 3 saturated heterocycles. The normalized spacial score (nSPS) is 20.8. The van der Waals surface area contributed by atoms with Crippen LogP contribution in [-0.4, -0.2) is 289 Å². The summed E-state index contributed by atoms with van der Waals surface area (Å²) in [5.74, 6) is -15.5. The summed E-state index contributed by atoms with van der Waals surface area (Å²) >= 11 is 0. The maximum Gasteiger partial charge on any atom is 0.360 e. The van der Waals surface area contributed by atoms with Crippen LogP contribution in [0.2, 0.25) is 0 Å². The van der Waals surface area contributed by atoms with Crippen molar-refractivity contribution in [3.8, 4) is 5.75 Å². The highest BCUT2D eigenvalue weighted by atomic mass is 16.6. The van der Waals surface area contributed by atoms with Crippen LogP contribution in [0.4, 0.5) is 0 Å². The molecule has 2 aromatic carbocycles. The van der Waals surface area contributed by atoms with E-state index in [9.17, 15) is 82.4 Å². The minimum Gasteiger partial charge on any atom is -0.508 e. The Bertz CT molecular complexity index is 6020. The zero-order valence-corrected chi connectivity index (χ0v) is 83.4. The molecule has 0 spiro atoms. The minimum atomic E-state index is -2.09. The number of carbonyl (C=O) groups excluding carboxylic acids is 17. The van der Waals surface area contributed by atoms with Crippen molar-refractivity contribution in [1.29, 1.82) is 5.41 Å². The van der Waals surface area contributed by atoms with E-state index in [0.29, 0.717) is 34.1 Å². The highest BCUT2D eigenvalue weighted by Gasteiger charge is 2.54. The van der Waals surface area contributed by atoms with Crippen molar-refractivity contribution in [1.82, 2.24) is 87.9 Å². The number of aromatic amines is 2. The number of aromatic hydroxyl groups is 1. The van der Waals surface area contributed by atoms with Crippen LogP contribution >= 0.6 is 0 Å². The highest BCUT2D eigenvalue weighted by Crippen LogP contribution is 2.39. The number of aromatic nitrogens is 5. The molecule has 47 heteroatoms. The van der Waals surface area contributed by atoms with Gasteiger partial charge in [-0.25, -0.2) is 24.5 Å². The molecule has 4 aliphatic heterocycles. The third-order valence-electron chi connectivity index (χ3n) is 25.6. The van der Waals surface area contributed by atoms with Gasteiger partial charge < -0.3 is 132 Å². The number of esters is 5. The molecule has 149 heavy (non-hydrogen) atoms. The number of phenolic OH excluding ortho intramolecular Hbond substituents is 1. The Morgan fingerprint density at radius 3 is 1.84 bits per heavy atom. The second kappa shape index (κ2) is 55.7. The van der Waals surface area contributed by atoms with Crippen LogP contribution in [-0.2, 0) is 115 Å². The molecule has 8 heterocycles. The van der Waals surface area contributed by atoms with Gasteiger partial charge in [-0.2, -0.15) is 0 Å². The van der Waals surface area contributed by atoms with Gasteiger partial charge in [-0.05, 0) is 128 Å². The van der Waals surface area contributed by atoms with E-state index in [1.54, 1.807) is 81.6 Å². The molecular formula is C102H128N20O27. The first-order chi connectivity index (χ1) is 71.4. The highest BCUT2D eigenvalue weighted by molar-refractivity contribution is 6.01. The molecule has 4 aromatic heterocycles. The number of carbonyl (C=O) groups is 17. The van der Waals surface area contributed by atoms with Crippen molar-refractivity contribution in [3.63, 3.8) is 0 Å². The lowest BCUT2D eigenvalue weighted by atomic mass is 9.76. The number of ether oxygens (including phenoxy) is 5. The van der Waals surface area contributed by atoms with Crippen LogP contribution in [0.5, 0.6) is 5.75 Å². The molecule has 4 bridgehead atoms. The van der Waals surface area contributed by atoms with Crippen molar-refractivity contribution >= 4 is 130 Å². The predicted octanol–water partition coefficient (Wildman–Crippen LogP) is 1.97. The van der Waals surface area contributed by atoms with Crippen LogP contribution in [0.15, 0.2) is 174 Å². The number of benzene rings is 2. The number of primary amides is 1. The number of hydrogen-bond acceptors (Lipinski definition) is 31. The SMILES string of the molecule is C/C=C/C(O)C(C)(C(=O)OC)C1C\C=C/C=C/C=C/c2nc(co2)C(=O)OC(C(C)(C(=O)OC)C(/C=C/C)OC(=O)CCC(=O)NCCCC[C@H](NC(=O)[C@H](Cc2ccc(O)cc2)NC(=O)[C@H](CO)NC(=O)[C@H](Cc2c[nH]c3ccccc23)NC(=O)[C@H](Cc2cnc[nH]2)NC(=O)[C@@H]2CCC(=O)N2)C(=O)N[C@H]2CC(C)N([C@@H](CCCNC(=N)N)C(=O)N3CCC[C@H]3C(=O)NCC(N)=O)C2=O)C\C=C/C=C/C=C/c2nc(co2)C(=O)O1. The first kappa shape index (κ1) is 114. The third-order valence-corrected chi connectivity index (χ3v) is 25.6. The lowest BCUT2D eigenvalue weighted by molar-refractivity contribution is -0.176. The Morgan fingerprint density at radius 2 is 1.24 bits per heavy atom. The maximum absolute atomic E-state index is 15.4. The molecule has 7 unspecified atom stereocenters. The Kier molecular flexibility index (Phi) is 42.8. The number of oxazole rings is 2. The van der Waals surface area contributed by atoms with Gasteiger partial charge in [-0.1, -0.05) is 109 Å². The van der Waals surface area contributed by atoms with Crippen molar-refractivity contribution in [2.45, 2.75) is 229 Å². The van der Waals surface area contributed by atoms with E-state index in [0.717, 1.165) is 26.7 Å². The number of fused-ring (bicyclic) bond motifs is 5. The van der Waals surface area contributed by atoms with Gasteiger partial charge in [0.1, 0.15) is 102 Å². The number of nitrogens with two attached hydrogens (primary N) is 2. The number of phenols is 1. The number of allylic oxidation sites excluding steroid dienone is 10. The van der Waals surface area contributed by atoms with Gasteiger partial charge in [-0.15, -0.1) is 0 Å². The van der Waals surface area contributed by atoms with E-state index in [-0.39, 0.29) is 144 Å². The number of aliphatic hydroxyl groups excluding tert-OH is 2. The number of cyclic esters (lactones) is 2. The number of H-pyrrole nitrogens is 2. The number of rotatable bonds is 45. The van der Waals surface area contributed by atoms with Crippen LogP contribution in [0.1, 0.15) is 174 Å². The number of imidazole rings is 1. The van der Waals surface area contributed by atoms with Crippen LogP contribution in [0.25, 0.3) is 23.1 Å². The minimum absolute atomic E-state index is 0.0215. The Balaban J connectivity index is 0.866. The van der Waals surface area contributed by atoms with Gasteiger partial charge in [0.05, 0.1) is 46.2 Å². The number of methoxy groups -OCH3 is 2. The summed E-state index contributed by atoms with van der Waals surface area (Å²) in [6.07, 6.45) is 22.5. The number of likely N-dealkylation sites (tertiary alicyclic amines) is 2. The molecule has 6 aromatic rings. The summed E-state index contributed by atoms with van der Waals surface area (Å²) in [7, 11) is 2.20. The fraction of sp³-hybridized carbons (Fsp3) is 0.441. The molecule has 47 nitrogen and oxygen atoms in total. The Labute approximate surface area is 856 Å². The fourth-order valence-corrected chi connectivity index (χ4v) is 17.4. The molecule has 0 radical (unpaired) electrons. The van der Waals surface area contributed by atoms with E-state index in [2.05, 4.69) is 78.1 Å². The van der Waals surface area contributed by atoms with Crippen LogP contribution < -0.4 is 64.6 Å². The lowest BCUT2D eigenvalue weighted by Gasteiger charge is -2.38. The number of aliphatic hydroxyl groups is 2. The standard InChI is InChI=1S/C102H128N20O27/c1-8-26-77(125)101(4,98(141)143-6)79-33-16-12-10-14-18-36-85-114-74(57-146-85)97(140)149-80(34-17-13-11-15-19-35-84-113-73(56-145-84)96(139)148-79)102(5,99(142)144-7)78(27-9-2)147-86(129)44-43-82(127)107-45-23-22-30-66(87(130)119-71-48-59(3)122(94(71)137)76(31-24-46-108-100(104)105)95(138)121-47-25-32-75(121)93(136)110-54-81(103)126)115-89(132)68(49-60-37-39-63(124)40-38-60)116-92(135)72(55-123)120-90(133)69(50-61-52-109-65-29-21-20-28-64(61)65)117-91(134)70(51-62-53-106-58-111-62)118-88(131)67-41-42-83(128)112-67/h8-21,26-29,35-40,52-53,56-59,66-72,75-80,109,123-125H,22-25,30-34,41-51,54-55H2,1-7H3,(H2,103,126)(H,106,111)(H,107,127)(H,110,136)(H,112,128)(H,115,132)(H,116,135)(H,117,134)(H,118,131)(H,119,130)(H,120,133)(H4,104,105,108)/b14-10+,15-11+,16-12-,17-13-,26-8+,27-9+,35-19+,36-18+/t59?,66-,67-,68-,69-,70-,71-,72-,75-,76-,77?,78?,79?,80?,101?,102?/m0/s1. The van der Waals surface area contributed by atoms with Crippen molar-refractivity contribution in [3.05, 3.63) is 205 Å². The third kappa shape index (κ3) is 32.0. The zero-order valence-electron chi connectivity index (χ0n) is 83.4. The first-order valence-corrected chi connectivity index (χ1v) is 48.6. The van der Waals surface area contributed by atoms with Gasteiger partial charge in [0.2, 0.25) is 82.7 Å². The molecule has 3 fully saturated rings. The van der Waals surface area contributed by atoms with Crippen molar-refractivity contribution in [2.24, 2.45) is 22.3 Å². The van der Waals surface area contributed by atoms with E-state index >= 15 is 14.4 Å². The van der Waals surface area contributed by atoms with Gasteiger partial charge in [0, 0.05) is 112 Å². The molecular weight excluding hydrogens is 1940 g/mol. The summed E-state index contributed by atoms with van der Waals surface area (Å²) in [4.78, 5) is 261. The summed E-state index contributed by atoms with van der Waals surface area (Å²) < 4.78 is 39.5. The summed E-state index contributed by atoms with van der Waals surface area (Å²) in [6.45, 7) is 5.91. The molecule has 0 saturated carbocycles. The fourth-order valence-electron chi connectivity index (χ4n) is 17.4. The zero-order chi connectivity index (χ0) is 108. The summed E-state index contributed by atoms with van der Waals surface area (Å²) in [5.41, 5.74) is 8.26. The largest absolute Gasteiger partial charge is 0.508 e. The average Bonchev–Trinajstić information content (AvgIpc) is 1.62. The molecule has 20 N–H and O–H groups in total.